The number of carbonyl (C=O) groups excluding carboxylic acids is 1. The van der Waals surface area contributed by atoms with Crippen molar-refractivity contribution in [1.29, 1.82) is 0 Å². The van der Waals surface area contributed by atoms with Gasteiger partial charge in [-0.1, -0.05) is 6.07 Å². The third-order valence-corrected chi connectivity index (χ3v) is 3.84. The molecule has 0 radical (unpaired) electrons. The fourth-order valence-corrected chi connectivity index (χ4v) is 2.75. The summed E-state index contributed by atoms with van der Waals surface area (Å²) in [7, 11) is 0. The number of ether oxygens (including phenoxy) is 1. The first-order valence-electron chi connectivity index (χ1n) is 6.98. The van der Waals surface area contributed by atoms with Gasteiger partial charge < -0.3 is 19.5 Å². The molecule has 1 aromatic carbocycles. The van der Waals surface area contributed by atoms with Gasteiger partial charge in [0.2, 0.25) is 0 Å². The maximum absolute atomic E-state index is 12.8. The highest BCUT2D eigenvalue weighted by Crippen LogP contribution is 2.32. The molecule has 7 heteroatoms. The van der Waals surface area contributed by atoms with Crippen LogP contribution < -0.4 is 10.1 Å². The van der Waals surface area contributed by atoms with Crippen molar-refractivity contribution in [3.8, 4) is 5.75 Å². The third kappa shape index (κ3) is 2.01. The highest BCUT2D eigenvalue weighted by Gasteiger charge is 2.26. The Kier molecular flexibility index (Phi) is 2.77. The van der Waals surface area contributed by atoms with Crippen LogP contribution in [0.25, 0.3) is 0 Å². The van der Waals surface area contributed by atoms with E-state index in [4.69, 9.17) is 4.74 Å². The van der Waals surface area contributed by atoms with E-state index in [1.165, 1.54) is 0 Å². The number of nitrogens with zero attached hydrogens (tertiary/aromatic N) is 4. The van der Waals surface area contributed by atoms with Gasteiger partial charge in [0, 0.05) is 19.6 Å². The van der Waals surface area contributed by atoms with Crippen LogP contribution in [0.3, 0.4) is 0 Å². The van der Waals surface area contributed by atoms with Crippen LogP contribution in [0, 0.1) is 0 Å². The number of amides is 1. The predicted octanol–water partition coefficient (Wildman–Crippen LogP) is 0.738. The van der Waals surface area contributed by atoms with Gasteiger partial charge in [-0.15, -0.1) is 10.2 Å². The van der Waals surface area contributed by atoms with E-state index in [9.17, 15) is 4.79 Å². The molecular weight excluding hydrogens is 270 g/mol. The average molecular weight is 285 g/mol. The SMILES string of the molecule is O=C(c1cccc2c1OCCN2)N1CCn2cnnc2C1. The van der Waals surface area contributed by atoms with Crippen molar-refractivity contribution in [3.05, 3.63) is 35.9 Å². The molecule has 3 heterocycles. The summed E-state index contributed by atoms with van der Waals surface area (Å²) in [4.78, 5) is 14.6. The van der Waals surface area contributed by atoms with Crippen LogP contribution in [0.2, 0.25) is 0 Å². The Hall–Kier alpha value is -2.57. The van der Waals surface area contributed by atoms with Crippen molar-refractivity contribution in [2.45, 2.75) is 13.1 Å². The lowest BCUT2D eigenvalue weighted by molar-refractivity contribution is 0.0703. The molecule has 1 amide bonds. The largest absolute Gasteiger partial charge is 0.489 e. The third-order valence-electron chi connectivity index (χ3n) is 3.84. The van der Waals surface area contributed by atoms with Crippen molar-refractivity contribution >= 4 is 11.6 Å². The number of anilines is 1. The first-order valence-corrected chi connectivity index (χ1v) is 6.98. The summed E-state index contributed by atoms with van der Waals surface area (Å²) >= 11 is 0. The molecule has 0 aliphatic carbocycles. The predicted molar refractivity (Wildman–Crippen MR) is 75.2 cm³/mol. The van der Waals surface area contributed by atoms with Crippen molar-refractivity contribution in [3.63, 3.8) is 0 Å². The van der Waals surface area contributed by atoms with Crippen LogP contribution in [-0.4, -0.2) is 45.3 Å². The topological polar surface area (TPSA) is 72.3 Å². The van der Waals surface area contributed by atoms with Crippen LogP contribution in [-0.2, 0) is 13.1 Å². The lowest BCUT2D eigenvalue weighted by Gasteiger charge is -2.29. The molecule has 0 unspecified atom stereocenters. The Morgan fingerprint density at radius 3 is 3.24 bits per heavy atom. The molecule has 0 bridgehead atoms. The minimum absolute atomic E-state index is 0.0233. The highest BCUT2D eigenvalue weighted by molar-refractivity contribution is 5.99. The normalized spacial score (nSPS) is 16.5. The Balaban J connectivity index is 1.64. The number of carbonyl (C=O) groups is 1. The molecule has 4 rings (SSSR count). The molecule has 2 aliphatic heterocycles. The quantitative estimate of drug-likeness (QED) is 0.836. The Bertz CT molecular complexity index is 696. The molecule has 2 aromatic rings. The number of nitrogens with one attached hydrogen (secondary N) is 1. The molecule has 0 saturated carbocycles. The zero-order valence-corrected chi connectivity index (χ0v) is 11.5. The molecule has 0 atom stereocenters. The standard InChI is InChI=1S/C14H15N5O2/c20-14(18-5-6-19-9-16-17-12(19)8-18)10-2-1-3-11-13(10)21-7-4-15-11/h1-3,9,15H,4-8H2. The van der Waals surface area contributed by atoms with E-state index >= 15 is 0 Å². The maximum atomic E-state index is 12.8. The van der Waals surface area contributed by atoms with Crippen LogP contribution in [0.5, 0.6) is 5.75 Å². The summed E-state index contributed by atoms with van der Waals surface area (Å²) in [5, 5.41) is 11.2. The number of hydrogen-bond donors (Lipinski definition) is 1. The van der Waals surface area contributed by atoms with Crippen LogP contribution in [0.15, 0.2) is 24.5 Å². The summed E-state index contributed by atoms with van der Waals surface area (Å²) in [6.45, 7) is 3.20. The van der Waals surface area contributed by atoms with Crippen molar-refractivity contribution in [2.24, 2.45) is 0 Å². The summed E-state index contributed by atoms with van der Waals surface area (Å²) in [5.41, 5.74) is 1.49. The van der Waals surface area contributed by atoms with Crippen LogP contribution >= 0.6 is 0 Å². The number of benzene rings is 1. The first-order chi connectivity index (χ1) is 10.3. The second kappa shape index (κ2) is 4.76. The number of para-hydroxylation sites is 1. The Labute approximate surface area is 121 Å². The molecule has 108 valence electrons. The van der Waals surface area contributed by atoms with E-state index in [1.54, 1.807) is 11.2 Å². The molecule has 0 spiro atoms. The zero-order valence-electron chi connectivity index (χ0n) is 11.5. The van der Waals surface area contributed by atoms with Gasteiger partial charge in [-0.2, -0.15) is 0 Å². The van der Waals surface area contributed by atoms with E-state index < -0.39 is 0 Å². The van der Waals surface area contributed by atoms with E-state index in [2.05, 4.69) is 15.5 Å². The summed E-state index contributed by atoms with van der Waals surface area (Å²) < 4.78 is 7.65. The highest BCUT2D eigenvalue weighted by atomic mass is 16.5. The molecule has 7 nitrogen and oxygen atoms in total. The Morgan fingerprint density at radius 2 is 2.29 bits per heavy atom. The second-order valence-corrected chi connectivity index (χ2v) is 5.12. The molecule has 0 saturated heterocycles. The van der Waals surface area contributed by atoms with Gasteiger partial charge in [-0.3, -0.25) is 4.79 Å². The van der Waals surface area contributed by atoms with Crippen LogP contribution in [0.4, 0.5) is 5.69 Å². The van der Waals surface area contributed by atoms with Crippen molar-refractivity contribution in [2.75, 3.05) is 25.0 Å². The van der Waals surface area contributed by atoms with E-state index in [0.717, 1.165) is 24.6 Å². The average Bonchev–Trinajstić information content (AvgIpc) is 3.01. The first kappa shape index (κ1) is 12.2. The van der Waals surface area contributed by atoms with E-state index in [-0.39, 0.29) is 5.91 Å². The molecule has 0 fully saturated rings. The van der Waals surface area contributed by atoms with Crippen molar-refractivity contribution in [1.82, 2.24) is 19.7 Å². The van der Waals surface area contributed by atoms with Gasteiger partial charge in [0.25, 0.3) is 5.91 Å². The van der Waals surface area contributed by atoms with Gasteiger partial charge in [0.1, 0.15) is 12.9 Å². The number of rotatable bonds is 1. The molecular formula is C14H15N5O2. The van der Waals surface area contributed by atoms with Gasteiger partial charge in [-0.25, -0.2) is 0 Å². The monoisotopic (exact) mass is 285 g/mol. The van der Waals surface area contributed by atoms with E-state index in [1.807, 2.05) is 22.8 Å². The Morgan fingerprint density at radius 1 is 1.33 bits per heavy atom. The minimum Gasteiger partial charge on any atom is -0.489 e. The lowest BCUT2D eigenvalue weighted by Crippen LogP contribution is -2.38. The fraction of sp³-hybridized carbons (Fsp3) is 0.357. The summed E-state index contributed by atoms with van der Waals surface area (Å²) in [6.07, 6.45) is 1.70. The van der Waals surface area contributed by atoms with Gasteiger partial charge in [-0.05, 0) is 12.1 Å². The number of hydrogen-bond acceptors (Lipinski definition) is 5. The van der Waals surface area contributed by atoms with E-state index in [0.29, 0.717) is 31.0 Å². The zero-order chi connectivity index (χ0) is 14.2. The molecule has 1 N–H and O–H groups in total. The maximum Gasteiger partial charge on any atom is 0.258 e. The molecule has 2 aliphatic rings. The molecule has 21 heavy (non-hydrogen) atoms. The summed E-state index contributed by atoms with van der Waals surface area (Å²) in [6, 6.07) is 5.62. The number of fused-ring (bicyclic) bond motifs is 2. The summed E-state index contributed by atoms with van der Waals surface area (Å²) in [5.74, 6) is 1.45. The van der Waals surface area contributed by atoms with Gasteiger partial charge in [0.15, 0.2) is 11.6 Å². The second-order valence-electron chi connectivity index (χ2n) is 5.12. The fourth-order valence-electron chi connectivity index (χ4n) is 2.75. The van der Waals surface area contributed by atoms with Gasteiger partial charge >= 0.3 is 0 Å². The lowest BCUT2D eigenvalue weighted by atomic mass is 10.1. The molecule has 1 aromatic heterocycles. The van der Waals surface area contributed by atoms with Gasteiger partial charge in [0.05, 0.1) is 17.8 Å². The minimum atomic E-state index is -0.0233. The van der Waals surface area contributed by atoms with Crippen molar-refractivity contribution < 1.29 is 9.53 Å². The smallest absolute Gasteiger partial charge is 0.258 e. The van der Waals surface area contributed by atoms with Crippen LogP contribution in [0.1, 0.15) is 16.2 Å². The number of aromatic nitrogens is 3.